The molecule has 0 radical (unpaired) electrons. The maximum atomic E-state index is 14.0. The van der Waals surface area contributed by atoms with E-state index in [9.17, 15) is 22.8 Å². The minimum Gasteiger partial charge on any atom is -0.365 e. The van der Waals surface area contributed by atoms with Gasteiger partial charge in [-0.05, 0) is 58.2 Å². The van der Waals surface area contributed by atoms with Gasteiger partial charge in [0, 0.05) is 10.4 Å². The van der Waals surface area contributed by atoms with Crippen LogP contribution in [0, 0.1) is 11.3 Å². The molecule has 3 N–H and O–H groups in total. The normalized spacial score (nSPS) is 15.8. The van der Waals surface area contributed by atoms with Gasteiger partial charge in [0.2, 0.25) is 0 Å². The molecule has 1 aromatic carbocycles. The van der Waals surface area contributed by atoms with Gasteiger partial charge in [-0.1, -0.05) is 51.1 Å². The van der Waals surface area contributed by atoms with Crippen molar-refractivity contribution >= 4 is 49.7 Å². The van der Waals surface area contributed by atoms with E-state index in [1.165, 1.54) is 11.3 Å². The number of nitrogens with zero attached hydrogens (tertiary/aromatic N) is 3. The van der Waals surface area contributed by atoms with E-state index in [0.717, 1.165) is 29.3 Å². The van der Waals surface area contributed by atoms with Crippen molar-refractivity contribution in [1.82, 2.24) is 14.6 Å². The number of carbonyl (C=O) groups is 2. The second-order valence-corrected chi connectivity index (χ2v) is 12.5. The lowest BCUT2D eigenvalue weighted by Gasteiger charge is -2.33. The summed E-state index contributed by atoms with van der Waals surface area (Å²) >= 11 is 4.52. The number of benzene rings is 1. The molecule has 1 unspecified atom stereocenters. The molecule has 0 spiro atoms. The first kappa shape index (κ1) is 27.3. The molecule has 4 aromatic rings. The van der Waals surface area contributed by atoms with Crippen LogP contribution in [-0.4, -0.2) is 26.4 Å². The molecule has 0 saturated carbocycles. The van der Waals surface area contributed by atoms with E-state index in [-0.39, 0.29) is 37.5 Å². The largest absolute Gasteiger partial charge is 0.433 e. The number of thiophene rings is 1. The standard InChI is InChI=1S/C27H25BrF3N5O2S/c1-26(2,3)14-9-10-15-17(11-14)39-25(19(15)22(32)37)34-24(38)21-20(28)23-33-16(13-7-5-4-6-8-13)12-18(27(29,30)31)36(23)35-21/h4-8,12,14H,9-11H2,1-3H3,(H2,32,37)(H,34,38). The van der Waals surface area contributed by atoms with E-state index in [2.05, 4.69) is 52.1 Å². The van der Waals surface area contributed by atoms with Crippen molar-refractivity contribution in [2.45, 2.75) is 46.2 Å². The predicted octanol–water partition coefficient (Wildman–Crippen LogP) is 6.74. The summed E-state index contributed by atoms with van der Waals surface area (Å²) in [6, 6.07) is 9.32. The number of alkyl halides is 3. The highest BCUT2D eigenvalue weighted by Crippen LogP contribution is 2.44. The Balaban J connectivity index is 1.56. The molecule has 204 valence electrons. The van der Waals surface area contributed by atoms with Crippen molar-refractivity contribution in [3.8, 4) is 11.3 Å². The van der Waals surface area contributed by atoms with Gasteiger partial charge in [0.1, 0.15) is 5.00 Å². The van der Waals surface area contributed by atoms with Gasteiger partial charge in [0.05, 0.1) is 15.7 Å². The highest BCUT2D eigenvalue weighted by molar-refractivity contribution is 9.10. The lowest BCUT2D eigenvalue weighted by Crippen LogP contribution is -2.27. The molecule has 0 aliphatic heterocycles. The van der Waals surface area contributed by atoms with Crippen molar-refractivity contribution in [2.75, 3.05) is 5.32 Å². The number of aromatic nitrogens is 3. The van der Waals surface area contributed by atoms with Crippen LogP contribution >= 0.6 is 27.3 Å². The van der Waals surface area contributed by atoms with Crippen molar-refractivity contribution in [2.24, 2.45) is 17.1 Å². The number of hydrogen-bond acceptors (Lipinski definition) is 5. The molecule has 5 rings (SSSR count). The molecule has 1 aliphatic carbocycles. The van der Waals surface area contributed by atoms with Crippen LogP contribution in [0.5, 0.6) is 0 Å². The zero-order valence-electron chi connectivity index (χ0n) is 21.3. The Bertz CT molecular complexity index is 1610. The van der Waals surface area contributed by atoms with Crippen LogP contribution in [0.15, 0.2) is 40.9 Å². The van der Waals surface area contributed by atoms with Gasteiger partial charge < -0.3 is 11.1 Å². The van der Waals surface area contributed by atoms with E-state index >= 15 is 0 Å². The summed E-state index contributed by atoms with van der Waals surface area (Å²) in [5.41, 5.74) is 5.86. The second-order valence-electron chi connectivity index (χ2n) is 10.6. The monoisotopic (exact) mass is 619 g/mol. The lowest BCUT2D eigenvalue weighted by atomic mass is 9.72. The quantitative estimate of drug-likeness (QED) is 0.264. The van der Waals surface area contributed by atoms with Gasteiger partial charge >= 0.3 is 6.18 Å². The average Bonchev–Trinajstić information content (AvgIpc) is 3.39. The third kappa shape index (κ3) is 5.07. The molecule has 0 fully saturated rings. The summed E-state index contributed by atoms with van der Waals surface area (Å²) < 4.78 is 42.7. The van der Waals surface area contributed by atoms with Crippen LogP contribution in [0.2, 0.25) is 0 Å². The number of anilines is 1. The number of amides is 2. The van der Waals surface area contributed by atoms with Crippen LogP contribution in [0.3, 0.4) is 0 Å². The number of hydrogen-bond donors (Lipinski definition) is 2. The van der Waals surface area contributed by atoms with Gasteiger partial charge in [-0.3, -0.25) is 9.59 Å². The summed E-state index contributed by atoms with van der Waals surface area (Å²) in [5, 5.41) is 6.93. The third-order valence-electron chi connectivity index (χ3n) is 7.07. The van der Waals surface area contributed by atoms with Gasteiger partial charge in [-0.25, -0.2) is 9.50 Å². The van der Waals surface area contributed by atoms with Crippen LogP contribution in [0.4, 0.5) is 18.2 Å². The fourth-order valence-corrected chi connectivity index (χ4v) is 6.78. The summed E-state index contributed by atoms with van der Waals surface area (Å²) in [5.74, 6) is -1.05. The minimum atomic E-state index is -4.76. The minimum absolute atomic E-state index is 0.00183. The molecular weight excluding hydrogens is 595 g/mol. The summed E-state index contributed by atoms with van der Waals surface area (Å²) in [6.07, 6.45) is -2.48. The SMILES string of the molecule is CC(C)(C)C1CCc2c(sc(NC(=O)c3nn4c(C(F)(F)F)cc(-c5ccccc5)nc4c3Br)c2C(N)=O)C1. The molecule has 2 amide bonds. The molecule has 7 nitrogen and oxygen atoms in total. The first-order valence-electron chi connectivity index (χ1n) is 12.2. The number of halogens is 4. The van der Waals surface area contributed by atoms with E-state index in [1.807, 2.05) is 0 Å². The zero-order valence-corrected chi connectivity index (χ0v) is 23.7. The Morgan fingerprint density at radius 3 is 2.49 bits per heavy atom. The molecule has 3 aromatic heterocycles. The lowest BCUT2D eigenvalue weighted by molar-refractivity contribution is -0.142. The van der Waals surface area contributed by atoms with Crippen LogP contribution in [0.25, 0.3) is 16.9 Å². The fourth-order valence-electron chi connectivity index (χ4n) is 4.93. The first-order valence-corrected chi connectivity index (χ1v) is 13.8. The fraction of sp³-hybridized carbons (Fsp3) is 0.333. The van der Waals surface area contributed by atoms with Crippen molar-refractivity contribution in [3.63, 3.8) is 0 Å². The Kier molecular flexibility index (Phi) is 6.82. The Morgan fingerprint density at radius 2 is 1.87 bits per heavy atom. The molecule has 0 bridgehead atoms. The molecule has 0 saturated heterocycles. The number of nitrogens with one attached hydrogen (secondary N) is 1. The summed E-state index contributed by atoms with van der Waals surface area (Å²) in [6.45, 7) is 6.50. The van der Waals surface area contributed by atoms with Gasteiger partial charge in [0.15, 0.2) is 17.0 Å². The molecular formula is C27H25BrF3N5O2S. The van der Waals surface area contributed by atoms with E-state index < -0.39 is 23.7 Å². The maximum Gasteiger partial charge on any atom is 0.433 e. The van der Waals surface area contributed by atoms with Crippen molar-refractivity contribution in [1.29, 1.82) is 0 Å². The Hall–Kier alpha value is -3.25. The van der Waals surface area contributed by atoms with Gasteiger partial charge in [-0.2, -0.15) is 18.3 Å². The first-order chi connectivity index (χ1) is 18.3. The number of rotatable bonds is 4. The molecule has 39 heavy (non-hydrogen) atoms. The molecule has 1 atom stereocenters. The average molecular weight is 620 g/mol. The summed E-state index contributed by atoms with van der Waals surface area (Å²) in [7, 11) is 0. The number of primary amides is 1. The molecule has 12 heteroatoms. The van der Waals surface area contributed by atoms with Gasteiger partial charge in [0.25, 0.3) is 11.8 Å². The smallest absolute Gasteiger partial charge is 0.365 e. The van der Waals surface area contributed by atoms with E-state index in [4.69, 9.17) is 5.73 Å². The topological polar surface area (TPSA) is 102 Å². The second kappa shape index (κ2) is 9.74. The van der Waals surface area contributed by atoms with E-state index in [1.54, 1.807) is 30.3 Å². The van der Waals surface area contributed by atoms with Crippen molar-refractivity contribution in [3.05, 3.63) is 68.3 Å². The van der Waals surface area contributed by atoms with Gasteiger partial charge in [-0.15, -0.1) is 11.3 Å². The third-order valence-corrected chi connectivity index (χ3v) is 8.97. The highest BCUT2D eigenvalue weighted by atomic mass is 79.9. The maximum absolute atomic E-state index is 14.0. The highest BCUT2D eigenvalue weighted by Gasteiger charge is 2.37. The van der Waals surface area contributed by atoms with E-state index in [0.29, 0.717) is 22.4 Å². The van der Waals surface area contributed by atoms with Crippen LogP contribution in [-0.2, 0) is 19.0 Å². The zero-order chi connectivity index (χ0) is 28.3. The Morgan fingerprint density at radius 1 is 1.18 bits per heavy atom. The number of nitrogens with two attached hydrogens (primary N) is 1. The number of carbonyl (C=O) groups excluding carboxylic acids is 2. The molecule has 3 heterocycles. The summed E-state index contributed by atoms with van der Waals surface area (Å²) in [4.78, 5) is 31.1. The Labute approximate surface area is 234 Å². The van der Waals surface area contributed by atoms with Crippen molar-refractivity contribution < 1.29 is 22.8 Å². The van der Waals surface area contributed by atoms with Crippen LogP contribution < -0.4 is 11.1 Å². The number of fused-ring (bicyclic) bond motifs is 2. The molecule has 1 aliphatic rings. The predicted molar refractivity (Wildman–Crippen MR) is 147 cm³/mol. The van der Waals surface area contributed by atoms with Crippen LogP contribution in [0.1, 0.15) is 64.2 Å².